The summed E-state index contributed by atoms with van der Waals surface area (Å²) in [5, 5.41) is 3.62. The molecule has 2 nitrogen and oxygen atoms in total. The first-order valence-electron chi connectivity index (χ1n) is 4.25. The molecule has 2 aromatic heterocycles. The fraction of sp³-hybridized carbons (Fsp3) is 0. The predicted octanol–water partition coefficient (Wildman–Crippen LogP) is 2.72. The van der Waals surface area contributed by atoms with E-state index in [1.54, 1.807) is 0 Å². The molecular formula is C11H8N2. The molecule has 0 atom stereocenters. The number of para-hydroxylation sites is 1. The van der Waals surface area contributed by atoms with Gasteiger partial charge in [-0.15, -0.1) is 0 Å². The van der Waals surface area contributed by atoms with Crippen molar-refractivity contribution in [3.8, 4) is 0 Å². The third kappa shape index (κ3) is 0.855. The SMILES string of the molecule is c1ccc2c(c1)ncc1c[nH]cc12. The zero-order valence-electron chi connectivity index (χ0n) is 6.99. The first-order valence-corrected chi connectivity index (χ1v) is 4.25. The Hall–Kier alpha value is -1.83. The Morgan fingerprint density at radius 1 is 1.00 bits per heavy atom. The molecule has 0 saturated heterocycles. The maximum absolute atomic E-state index is 4.36. The van der Waals surface area contributed by atoms with E-state index >= 15 is 0 Å². The lowest BCUT2D eigenvalue weighted by Gasteiger charge is -1.96. The first-order chi connectivity index (χ1) is 6.45. The molecule has 0 saturated carbocycles. The van der Waals surface area contributed by atoms with Crippen LogP contribution in [0.2, 0.25) is 0 Å². The van der Waals surface area contributed by atoms with Crippen LogP contribution in [0.5, 0.6) is 0 Å². The summed E-state index contributed by atoms with van der Waals surface area (Å²) in [6.45, 7) is 0. The molecular weight excluding hydrogens is 160 g/mol. The molecule has 0 aliphatic rings. The summed E-state index contributed by atoms with van der Waals surface area (Å²) in [5.74, 6) is 0. The number of hydrogen-bond donors (Lipinski definition) is 1. The Morgan fingerprint density at radius 2 is 1.92 bits per heavy atom. The van der Waals surface area contributed by atoms with Gasteiger partial charge in [0.2, 0.25) is 0 Å². The van der Waals surface area contributed by atoms with Gasteiger partial charge in [-0.2, -0.15) is 0 Å². The monoisotopic (exact) mass is 168 g/mol. The van der Waals surface area contributed by atoms with Crippen molar-refractivity contribution in [1.82, 2.24) is 9.97 Å². The summed E-state index contributed by atoms with van der Waals surface area (Å²) in [5.41, 5.74) is 1.05. The fourth-order valence-corrected chi connectivity index (χ4v) is 1.67. The highest BCUT2D eigenvalue weighted by Crippen LogP contribution is 2.22. The van der Waals surface area contributed by atoms with Crippen LogP contribution in [0.25, 0.3) is 21.7 Å². The van der Waals surface area contributed by atoms with Gasteiger partial charge >= 0.3 is 0 Å². The highest BCUT2D eigenvalue weighted by Gasteiger charge is 1.99. The topological polar surface area (TPSA) is 28.7 Å². The van der Waals surface area contributed by atoms with Crippen molar-refractivity contribution in [3.05, 3.63) is 42.9 Å². The van der Waals surface area contributed by atoms with Gasteiger partial charge in [-0.1, -0.05) is 18.2 Å². The van der Waals surface area contributed by atoms with E-state index in [1.165, 1.54) is 16.2 Å². The molecule has 3 aromatic rings. The van der Waals surface area contributed by atoms with Gasteiger partial charge in [0.15, 0.2) is 0 Å². The molecule has 2 heteroatoms. The lowest BCUT2D eigenvalue weighted by molar-refractivity contribution is 1.42. The number of aromatic amines is 1. The van der Waals surface area contributed by atoms with E-state index in [-0.39, 0.29) is 0 Å². The number of benzene rings is 1. The molecule has 0 amide bonds. The van der Waals surface area contributed by atoms with Gasteiger partial charge in [0.25, 0.3) is 0 Å². The molecule has 13 heavy (non-hydrogen) atoms. The maximum atomic E-state index is 4.36. The van der Waals surface area contributed by atoms with Crippen LogP contribution in [0.15, 0.2) is 42.9 Å². The Balaban J connectivity index is 2.65. The zero-order valence-corrected chi connectivity index (χ0v) is 6.99. The van der Waals surface area contributed by atoms with Crippen molar-refractivity contribution in [2.24, 2.45) is 0 Å². The van der Waals surface area contributed by atoms with Gasteiger partial charge in [-0.25, -0.2) is 0 Å². The highest BCUT2D eigenvalue weighted by molar-refractivity contribution is 6.04. The van der Waals surface area contributed by atoms with Crippen molar-refractivity contribution in [3.63, 3.8) is 0 Å². The number of fused-ring (bicyclic) bond motifs is 3. The number of nitrogens with one attached hydrogen (secondary N) is 1. The zero-order chi connectivity index (χ0) is 8.67. The highest BCUT2D eigenvalue weighted by atomic mass is 14.7. The third-order valence-corrected chi connectivity index (χ3v) is 2.31. The van der Waals surface area contributed by atoms with E-state index in [0.717, 1.165) is 5.52 Å². The largest absolute Gasteiger partial charge is 0.366 e. The van der Waals surface area contributed by atoms with Gasteiger partial charge in [0, 0.05) is 34.7 Å². The van der Waals surface area contributed by atoms with Gasteiger partial charge in [0.05, 0.1) is 5.52 Å². The van der Waals surface area contributed by atoms with E-state index in [9.17, 15) is 0 Å². The Morgan fingerprint density at radius 3 is 2.92 bits per heavy atom. The summed E-state index contributed by atoms with van der Waals surface area (Å²) in [6.07, 6.45) is 5.88. The van der Waals surface area contributed by atoms with Crippen LogP contribution >= 0.6 is 0 Å². The quantitative estimate of drug-likeness (QED) is 0.549. The van der Waals surface area contributed by atoms with Crippen LogP contribution < -0.4 is 0 Å². The molecule has 0 spiro atoms. The molecule has 0 aliphatic heterocycles. The van der Waals surface area contributed by atoms with Gasteiger partial charge in [-0.05, 0) is 6.07 Å². The minimum absolute atomic E-state index is 1.05. The van der Waals surface area contributed by atoms with Crippen molar-refractivity contribution >= 4 is 21.7 Å². The van der Waals surface area contributed by atoms with Crippen LogP contribution in [0.4, 0.5) is 0 Å². The number of rotatable bonds is 0. The molecule has 3 rings (SSSR count). The molecule has 2 heterocycles. The molecule has 62 valence electrons. The van der Waals surface area contributed by atoms with E-state index in [1.807, 2.05) is 36.8 Å². The first kappa shape index (κ1) is 6.66. The molecule has 0 radical (unpaired) electrons. The number of pyridine rings is 1. The summed E-state index contributed by atoms with van der Waals surface area (Å²) in [4.78, 5) is 7.45. The Labute approximate surface area is 75.2 Å². The second-order valence-corrected chi connectivity index (χ2v) is 3.10. The van der Waals surface area contributed by atoms with Crippen LogP contribution in [0.1, 0.15) is 0 Å². The van der Waals surface area contributed by atoms with E-state index in [2.05, 4.69) is 16.0 Å². The maximum Gasteiger partial charge on any atom is 0.0709 e. The summed E-state index contributed by atoms with van der Waals surface area (Å²) >= 11 is 0. The minimum Gasteiger partial charge on any atom is -0.366 e. The standard InChI is InChI=1S/C11H8N2/c1-2-4-11-9(3-1)10-7-12-5-8(10)6-13-11/h1-7,12H. The number of aromatic nitrogens is 2. The molecule has 0 bridgehead atoms. The summed E-state index contributed by atoms with van der Waals surface area (Å²) in [6, 6.07) is 8.17. The van der Waals surface area contributed by atoms with Crippen molar-refractivity contribution in [1.29, 1.82) is 0 Å². The number of nitrogens with zero attached hydrogens (tertiary/aromatic N) is 1. The van der Waals surface area contributed by atoms with Crippen molar-refractivity contribution in [2.45, 2.75) is 0 Å². The van der Waals surface area contributed by atoms with E-state index in [0.29, 0.717) is 0 Å². The van der Waals surface area contributed by atoms with E-state index < -0.39 is 0 Å². The molecule has 0 unspecified atom stereocenters. The molecule has 0 aliphatic carbocycles. The second-order valence-electron chi connectivity index (χ2n) is 3.10. The van der Waals surface area contributed by atoms with Crippen LogP contribution in [0.3, 0.4) is 0 Å². The Bertz CT molecular complexity index is 566. The van der Waals surface area contributed by atoms with Crippen molar-refractivity contribution < 1.29 is 0 Å². The Kier molecular flexibility index (Phi) is 1.19. The van der Waals surface area contributed by atoms with Gasteiger partial charge in [0.1, 0.15) is 0 Å². The van der Waals surface area contributed by atoms with Crippen molar-refractivity contribution in [2.75, 3.05) is 0 Å². The lowest BCUT2D eigenvalue weighted by atomic mass is 10.1. The average Bonchev–Trinajstić information content (AvgIpc) is 2.65. The normalized spacial score (nSPS) is 11.1. The van der Waals surface area contributed by atoms with Crippen LogP contribution in [-0.4, -0.2) is 9.97 Å². The summed E-state index contributed by atoms with van der Waals surface area (Å²) in [7, 11) is 0. The lowest BCUT2D eigenvalue weighted by Crippen LogP contribution is -1.76. The molecule has 1 aromatic carbocycles. The number of H-pyrrole nitrogens is 1. The average molecular weight is 168 g/mol. The van der Waals surface area contributed by atoms with Gasteiger partial charge < -0.3 is 4.98 Å². The number of hydrogen-bond acceptors (Lipinski definition) is 1. The minimum atomic E-state index is 1.05. The predicted molar refractivity (Wildman–Crippen MR) is 53.6 cm³/mol. The third-order valence-electron chi connectivity index (χ3n) is 2.31. The molecule has 1 N–H and O–H groups in total. The van der Waals surface area contributed by atoms with E-state index in [4.69, 9.17) is 0 Å². The fourth-order valence-electron chi connectivity index (χ4n) is 1.67. The van der Waals surface area contributed by atoms with Crippen LogP contribution in [0, 0.1) is 0 Å². The smallest absolute Gasteiger partial charge is 0.0709 e. The second kappa shape index (κ2) is 2.33. The molecule has 0 fully saturated rings. The van der Waals surface area contributed by atoms with Crippen LogP contribution in [-0.2, 0) is 0 Å². The summed E-state index contributed by atoms with van der Waals surface area (Å²) < 4.78 is 0. The van der Waals surface area contributed by atoms with Gasteiger partial charge in [-0.3, -0.25) is 4.98 Å².